The molecule has 1 aliphatic rings. The fourth-order valence-electron chi connectivity index (χ4n) is 1.81. The number of hydrogen-bond acceptors (Lipinski definition) is 4. The number of anilines is 1. The highest BCUT2D eigenvalue weighted by Gasteiger charge is 2.18. The Morgan fingerprint density at radius 1 is 1.76 bits per heavy atom. The molecule has 0 bridgehead atoms. The molecule has 0 unspecified atom stereocenters. The second kappa shape index (κ2) is 5.55. The summed E-state index contributed by atoms with van der Waals surface area (Å²) in [5.41, 5.74) is 0. The Hall–Kier alpha value is -1.01. The average Bonchev–Trinajstić information content (AvgIpc) is 2.97. The lowest BCUT2D eigenvalue weighted by Gasteiger charge is -2.09. The number of carbonyl (C=O) groups excluding carboxylic acids is 1. The first kappa shape index (κ1) is 12.4. The van der Waals surface area contributed by atoms with Gasteiger partial charge in [0.2, 0.25) is 5.91 Å². The quantitative estimate of drug-likeness (QED) is 0.845. The van der Waals surface area contributed by atoms with Crippen molar-refractivity contribution in [3.05, 3.63) is 12.3 Å². The summed E-state index contributed by atoms with van der Waals surface area (Å²) in [7, 11) is 0. The van der Waals surface area contributed by atoms with Crippen LogP contribution < -0.4 is 10.6 Å². The van der Waals surface area contributed by atoms with Crippen molar-refractivity contribution < 1.29 is 4.79 Å². The maximum atomic E-state index is 11.7. The van der Waals surface area contributed by atoms with Crippen LogP contribution in [0.2, 0.25) is 0 Å². The third kappa shape index (κ3) is 3.01. The molecule has 0 radical (unpaired) electrons. The predicted octanol–water partition coefficient (Wildman–Crippen LogP) is 1.11. The van der Waals surface area contributed by atoms with Crippen molar-refractivity contribution in [2.45, 2.75) is 24.6 Å². The maximum absolute atomic E-state index is 11.7. The molecular formula is C11H18N4OS. The van der Waals surface area contributed by atoms with E-state index >= 15 is 0 Å². The molecule has 0 aromatic carbocycles. The molecule has 94 valence electrons. The highest BCUT2D eigenvalue weighted by atomic mass is 32.2. The van der Waals surface area contributed by atoms with E-state index in [0.29, 0.717) is 11.9 Å². The van der Waals surface area contributed by atoms with Gasteiger partial charge in [-0.1, -0.05) is 0 Å². The Labute approximate surface area is 105 Å². The lowest BCUT2D eigenvalue weighted by atomic mass is 10.3. The van der Waals surface area contributed by atoms with E-state index in [2.05, 4.69) is 15.7 Å². The monoisotopic (exact) mass is 254 g/mol. The van der Waals surface area contributed by atoms with Crippen LogP contribution >= 0.6 is 11.8 Å². The lowest BCUT2D eigenvalue weighted by molar-refractivity contribution is -0.115. The molecule has 17 heavy (non-hydrogen) atoms. The fraction of sp³-hybridized carbons (Fsp3) is 0.636. The summed E-state index contributed by atoms with van der Waals surface area (Å²) in [5, 5.41) is 10.5. The number of amides is 1. The van der Waals surface area contributed by atoms with Gasteiger partial charge in [0.05, 0.1) is 11.3 Å². The molecule has 0 saturated carbocycles. The molecule has 0 spiro atoms. The van der Waals surface area contributed by atoms with E-state index in [0.717, 1.165) is 19.5 Å². The summed E-state index contributed by atoms with van der Waals surface area (Å²) in [6, 6.07) is 2.27. The molecule has 2 atom stereocenters. The molecule has 1 fully saturated rings. The summed E-state index contributed by atoms with van der Waals surface area (Å²) in [5.74, 6) is 0.648. The van der Waals surface area contributed by atoms with Gasteiger partial charge in [0.15, 0.2) is 5.82 Å². The van der Waals surface area contributed by atoms with Crippen molar-refractivity contribution in [2.75, 3.05) is 24.7 Å². The summed E-state index contributed by atoms with van der Waals surface area (Å²) < 4.78 is 1.93. The Kier molecular flexibility index (Phi) is 4.06. The highest BCUT2D eigenvalue weighted by molar-refractivity contribution is 7.99. The topological polar surface area (TPSA) is 59.0 Å². The zero-order valence-corrected chi connectivity index (χ0v) is 11.0. The Morgan fingerprint density at radius 3 is 3.24 bits per heavy atom. The van der Waals surface area contributed by atoms with E-state index in [4.69, 9.17) is 0 Å². The van der Waals surface area contributed by atoms with Crippen LogP contribution in [0.15, 0.2) is 12.3 Å². The van der Waals surface area contributed by atoms with Crippen LogP contribution in [0.3, 0.4) is 0 Å². The molecule has 1 aliphatic heterocycles. The van der Waals surface area contributed by atoms with E-state index in [1.54, 1.807) is 0 Å². The average molecular weight is 254 g/mol. The number of thioether (sulfide) groups is 1. The largest absolute Gasteiger partial charge is 0.315 e. The van der Waals surface area contributed by atoms with Crippen LogP contribution in [0.5, 0.6) is 0 Å². The molecule has 1 saturated heterocycles. The maximum Gasteiger partial charge on any atom is 0.238 e. The number of rotatable bonds is 4. The Balaban J connectivity index is 1.96. The molecule has 2 rings (SSSR count). The van der Waals surface area contributed by atoms with Gasteiger partial charge in [-0.25, -0.2) is 0 Å². The summed E-state index contributed by atoms with van der Waals surface area (Å²) in [6.07, 6.45) is 4.94. The molecule has 2 heterocycles. The van der Waals surface area contributed by atoms with Gasteiger partial charge in [-0.3, -0.25) is 9.48 Å². The number of nitrogens with one attached hydrogen (secondary N) is 2. The first-order valence-corrected chi connectivity index (χ1v) is 7.09. The standard InChI is InChI=1S/C11H18N4OS/c1-8(17-2)11(16)13-10-4-6-15(14-10)9-3-5-12-7-9/h4,6,8-9,12H,3,5,7H2,1-2H3,(H,13,14,16)/t8-,9-/m1/s1. The molecule has 1 amide bonds. The van der Waals surface area contributed by atoms with Crippen molar-refractivity contribution >= 4 is 23.5 Å². The summed E-state index contributed by atoms with van der Waals surface area (Å²) in [4.78, 5) is 11.7. The van der Waals surface area contributed by atoms with Crippen LogP contribution in [0.25, 0.3) is 0 Å². The minimum absolute atomic E-state index is 0.00676. The van der Waals surface area contributed by atoms with Crippen molar-refractivity contribution in [1.82, 2.24) is 15.1 Å². The van der Waals surface area contributed by atoms with Crippen molar-refractivity contribution in [3.63, 3.8) is 0 Å². The van der Waals surface area contributed by atoms with E-state index in [1.165, 1.54) is 11.8 Å². The Bertz CT molecular complexity index is 387. The number of nitrogens with zero attached hydrogens (tertiary/aromatic N) is 2. The molecular weight excluding hydrogens is 236 g/mol. The van der Waals surface area contributed by atoms with Gasteiger partial charge in [0.1, 0.15) is 0 Å². The van der Waals surface area contributed by atoms with Crippen molar-refractivity contribution in [3.8, 4) is 0 Å². The van der Waals surface area contributed by atoms with E-state index < -0.39 is 0 Å². The molecule has 0 aliphatic carbocycles. The molecule has 2 N–H and O–H groups in total. The van der Waals surface area contributed by atoms with Gasteiger partial charge in [-0.15, -0.1) is 0 Å². The molecule has 6 heteroatoms. The first-order chi connectivity index (χ1) is 8.20. The second-order valence-corrected chi connectivity index (χ2v) is 5.37. The van der Waals surface area contributed by atoms with Gasteiger partial charge in [0, 0.05) is 18.8 Å². The van der Waals surface area contributed by atoms with Gasteiger partial charge in [0.25, 0.3) is 0 Å². The summed E-state index contributed by atoms with van der Waals surface area (Å²) in [6.45, 7) is 3.88. The zero-order valence-electron chi connectivity index (χ0n) is 10.1. The van der Waals surface area contributed by atoms with Crippen molar-refractivity contribution in [2.24, 2.45) is 0 Å². The zero-order chi connectivity index (χ0) is 12.3. The van der Waals surface area contributed by atoms with Crippen LogP contribution in [0.1, 0.15) is 19.4 Å². The van der Waals surface area contributed by atoms with Gasteiger partial charge >= 0.3 is 0 Å². The SMILES string of the molecule is CS[C@H](C)C(=O)Nc1ccn([C@@H]2CCNC2)n1. The molecule has 5 nitrogen and oxygen atoms in total. The molecule has 1 aromatic rings. The second-order valence-electron chi connectivity index (χ2n) is 4.19. The predicted molar refractivity (Wildman–Crippen MR) is 70.4 cm³/mol. The fourth-order valence-corrected chi connectivity index (χ4v) is 2.08. The molecule has 1 aromatic heterocycles. The minimum atomic E-state index is -0.0479. The number of carbonyl (C=O) groups is 1. The summed E-state index contributed by atoms with van der Waals surface area (Å²) >= 11 is 1.53. The van der Waals surface area contributed by atoms with E-state index in [-0.39, 0.29) is 11.2 Å². The van der Waals surface area contributed by atoms with Gasteiger partial charge in [-0.2, -0.15) is 16.9 Å². The van der Waals surface area contributed by atoms with Gasteiger partial charge < -0.3 is 10.6 Å². The Morgan fingerprint density at radius 2 is 2.59 bits per heavy atom. The van der Waals surface area contributed by atoms with Crippen LogP contribution in [0, 0.1) is 0 Å². The van der Waals surface area contributed by atoms with Crippen LogP contribution in [-0.2, 0) is 4.79 Å². The minimum Gasteiger partial charge on any atom is -0.315 e. The third-order valence-electron chi connectivity index (χ3n) is 2.99. The normalized spacial score (nSPS) is 21.4. The van der Waals surface area contributed by atoms with Crippen LogP contribution in [0.4, 0.5) is 5.82 Å². The van der Waals surface area contributed by atoms with E-state index in [9.17, 15) is 4.79 Å². The van der Waals surface area contributed by atoms with Crippen LogP contribution in [-0.4, -0.2) is 40.3 Å². The first-order valence-electron chi connectivity index (χ1n) is 5.80. The smallest absolute Gasteiger partial charge is 0.238 e. The highest BCUT2D eigenvalue weighted by Crippen LogP contribution is 2.16. The third-order valence-corrected chi connectivity index (χ3v) is 3.91. The van der Waals surface area contributed by atoms with Gasteiger partial charge in [-0.05, 0) is 26.1 Å². The van der Waals surface area contributed by atoms with Crippen molar-refractivity contribution in [1.29, 1.82) is 0 Å². The lowest BCUT2D eigenvalue weighted by Crippen LogP contribution is -2.22. The van der Waals surface area contributed by atoms with E-state index in [1.807, 2.05) is 30.1 Å². The number of hydrogen-bond donors (Lipinski definition) is 2. The number of aromatic nitrogens is 2.